The van der Waals surface area contributed by atoms with Crippen LogP contribution in [0.4, 0.5) is 4.39 Å². The van der Waals surface area contributed by atoms with Gasteiger partial charge in [0.25, 0.3) is 0 Å². The molecule has 0 radical (unpaired) electrons. The Morgan fingerprint density at radius 1 is 1.53 bits per heavy atom. The van der Waals surface area contributed by atoms with E-state index in [0.717, 1.165) is 12.1 Å². The second-order valence-corrected chi connectivity index (χ2v) is 6.80. The maximum atomic E-state index is 13.7. The first-order valence-electron chi connectivity index (χ1n) is 5.41. The van der Waals surface area contributed by atoms with Crippen LogP contribution in [-0.4, -0.2) is 19.9 Å². The van der Waals surface area contributed by atoms with Gasteiger partial charge in [0.1, 0.15) is 16.3 Å². The summed E-state index contributed by atoms with van der Waals surface area (Å²) in [5, 5.41) is 0. The molecule has 106 valence electrons. The molecule has 1 aromatic carbocycles. The average Bonchev–Trinajstić information content (AvgIpc) is 2.27. The molecule has 3 N–H and O–H groups in total. The van der Waals surface area contributed by atoms with Gasteiger partial charge in [-0.2, -0.15) is 4.72 Å². The summed E-state index contributed by atoms with van der Waals surface area (Å²) in [6.45, 7) is 2.95. The van der Waals surface area contributed by atoms with E-state index in [4.69, 9.17) is 5.73 Å². The molecule has 0 aliphatic carbocycles. The third-order valence-corrected chi connectivity index (χ3v) is 4.92. The third-order valence-electron chi connectivity index (χ3n) is 2.79. The fourth-order valence-electron chi connectivity index (χ4n) is 1.34. The van der Waals surface area contributed by atoms with Crippen LogP contribution in [-0.2, 0) is 14.8 Å². The van der Waals surface area contributed by atoms with Gasteiger partial charge >= 0.3 is 0 Å². The second-order valence-electron chi connectivity index (χ2n) is 4.23. The molecular weight excluding hydrogens is 339 g/mol. The lowest BCUT2D eigenvalue weighted by molar-refractivity contribution is -0.123. The molecule has 0 fully saturated rings. The number of hydrogen-bond acceptors (Lipinski definition) is 3. The molecule has 0 saturated heterocycles. The largest absolute Gasteiger partial charge is 0.368 e. The van der Waals surface area contributed by atoms with E-state index in [1.54, 1.807) is 6.92 Å². The molecule has 0 aliphatic heterocycles. The van der Waals surface area contributed by atoms with Gasteiger partial charge in [-0.25, -0.2) is 12.8 Å². The minimum atomic E-state index is -4.17. The molecule has 0 spiro atoms. The van der Waals surface area contributed by atoms with E-state index in [2.05, 4.69) is 20.7 Å². The Balaban J connectivity index is 3.22. The number of sulfonamides is 1. The highest BCUT2D eigenvalue weighted by Gasteiger charge is 2.35. The van der Waals surface area contributed by atoms with E-state index in [1.165, 1.54) is 13.0 Å². The summed E-state index contributed by atoms with van der Waals surface area (Å²) in [5.41, 5.74) is 3.70. The van der Waals surface area contributed by atoms with Crippen LogP contribution in [0.15, 0.2) is 27.6 Å². The van der Waals surface area contributed by atoms with Crippen LogP contribution >= 0.6 is 15.9 Å². The molecule has 0 bridgehead atoms. The van der Waals surface area contributed by atoms with Gasteiger partial charge < -0.3 is 5.73 Å². The summed E-state index contributed by atoms with van der Waals surface area (Å²) in [7, 11) is -4.17. The monoisotopic (exact) mass is 352 g/mol. The van der Waals surface area contributed by atoms with Crippen molar-refractivity contribution in [2.45, 2.75) is 30.7 Å². The summed E-state index contributed by atoms with van der Waals surface area (Å²) in [4.78, 5) is 10.8. The molecule has 19 heavy (non-hydrogen) atoms. The lowest BCUT2D eigenvalue weighted by Crippen LogP contribution is -2.54. The van der Waals surface area contributed by atoms with Crippen LogP contribution < -0.4 is 10.5 Å². The van der Waals surface area contributed by atoms with Crippen molar-refractivity contribution < 1.29 is 17.6 Å². The number of amides is 1. The zero-order valence-corrected chi connectivity index (χ0v) is 12.8. The molecule has 0 saturated carbocycles. The number of carbonyl (C=O) groups is 1. The van der Waals surface area contributed by atoms with E-state index < -0.39 is 32.2 Å². The van der Waals surface area contributed by atoms with Gasteiger partial charge in [0.05, 0.1) is 0 Å². The first-order valence-corrected chi connectivity index (χ1v) is 7.69. The third kappa shape index (κ3) is 3.52. The molecule has 1 atom stereocenters. The lowest BCUT2D eigenvalue weighted by Gasteiger charge is -2.25. The lowest BCUT2D eigenvalue weighted by atomic mass is 10.0. The van der Waals surface area contributed by atoms with Crippen molar-refractivity contribution in [1.82, 2.24) is 4.72 Å². The van der Waals surface area contributed by atoms with E-state index in [0.29, 0.717) is 4.47 Å². The van der Waals surface area contributed by atoms with Crippen molar-refractivity contribution >= 4 is 31.9 Å². The van der Waals surface area contributed by atoms with Crippen LogP contribution in [0.1, 0.15) is 20.3 Å². The topological polar surface area (TPSA) is 89.3 Å². The minimum absolute atomic E-state index is 0.152. The molecule has 0 aliphatic rings. The first kappa shape index (κ1) is 16.1. The number of nitrogens with one attached hydrogen (secondary N) is 1. The SMILES string of the molecule is CCC(C)(NS(=O)(=O)c1ccc(Br)cc1F)C(N)=O. The van der Waals surface area contributed by atoms with Gasteiger partial charge in [0.15, 0.2) is 0 Å². The Labute approximate surface area is 119 Å². The molecule has 1 rings (SSSR count). The highest BCUT2D eigenvalue weighted by atomic mass is 79.9. The Morgan fingerprint density at radius 3 is 2.53 bits per heavy atom. The van der Waals surface area contributed by atoms with Gasteiger partial charge in [0.2, 0.25) is 15.9 Å². The fourth-order valence-corrected chi connectivity index (χ4v) is 3.19. The van der Waals surface area contributed by atoms with E-state index >= 15 is 0 Å². The maximum Gasteiger partial charge on any atom is 0.244 e. The normalized spacial score (nSPS) is 14.9. The second kappa shape index (κ2) is 5.56. The number of rotatable bonds is 5. The average molecular weight is 353 g/mol. The van der Waals surface area contributed by atoms with Crippen molar-refractivity contribution in [2.24, 2.45) is 5.73 Å². The highest BCUT2D eigenvalue weighted by molar-refractivity contribution is 9.10. The van der Waals surface area contributed by atoms with Gasteiger partial charge in [0, 0.05) is 4.47 Å². The molecular formula is C11H14BrFN2O3S. The van der Waals surface area contributed by atoms with Crippen LogP contribution in [0.3, 0.4) is 0 Å². The molecule has 0 heterocycles. The first-order chi connectivity index (χ1) is 8.62. The van der Waals surface area contributed by atoms with Crippen LogP contribution in [0.2, 0.25) is 0 Å². The summed E-state index contributed by atoms with van der Waals surface area (Å²) in [6.07, 6.45) is 0.152. The zero-order chi connectivity index (χ0) is 14.8. The van der Waals surface area contributed by atoms with Gasteiger partial charge in [-0.3, -0.25) is 4.79 Å². The number of halogens is 2. The van der Waals surface area contributed by atoms with Gasteiger partial charge in [-0.05, 0) is 31.5 Å². The molecule has 1 amide bonds. The smallest absolute Gasteiger partial charge is 0.244 e. The van der Waals surface area contributed by atoms with Crippen LogP contribution in [0, 0.1) is 5.82 Å². The molecule has 0 aromatic heterocycles. The summed E-state index contributed by atoms with van der Waals surface area (Å²) >= 11 is 3.03. The summed E-state index contributed by atoms with van der Waals surface area (Å²) in [6, 6.07) is 3.53. The molecule has 1 unspecified atom stereocenters. The van der Waals surface area contributed by atoms with Crippen molar-refractivity contribution in [2.75, 3.05) is 0 Å². The Bertz CT molecular complexity index is 606. The fraction of sp³-hybridized carbons (Fsp3) is 0.364. The summed E-state index contributed by atoms with van der Waals surface area (Å²) < 4.78 is 40.4. The van der Waals surface area contributed by atoms with Crippen LogP contribution in [0.25, 0.3) is 0 Å². The van der Waals surface area contributed by atoms with Crippen LogP contribution in [0.5, 0.6) is 0 Å². The predicted molar refractivity (Wildman–Crippen MR) is 72.3 cm³/mol. The number of benzene rings is 1. The van der Waals surface area contributed by atoms with Gasteiger partial charge in [-0.1, -0.05) is 22.9 Å². The predicted octanol–water partition coefficient (Wildman–Crippen LogP) is 1.52. The Kier molecular flexibility index (Phi) is 4.70. The minimum Gasteiger partial charge on any atom is -0.368 e. The van der Waals surface area contributed by atoms with E-state index in [1.807, 2.05) is 0 Å². The number of primary amides is 1. The van der Waals surface area contributed by atoms with Gasteiger partial charge in [-0.15, -0.1) is 0 Å². The van der Waals surface area contributed by atoms with E-state index in [-0.39, 0.29) is 6.42 Å². The highest BCUT2D eigenvalue weighted by Crippen LogP contribution is 2.21. The number of hydrogen-bond donors (Lipinski definition) is 2. The number of carbonyl (C=O) groups excluding carboxylic acids is 1. The van der Waals surface area contributed by atoms with E-state index in [9.17, 15) is 17.6 Å². The van der Waals surface area contributed by atoms with Crippen molar-refractivity contribution in [3.8, 4) is 0 Å². The van der Waals surface area contributed by atoms with Crippen molar-refractivity contribution in [3.63, 3.8) is 0 Å². The Hall–Kier alpha value is -0.990. The quantitative estimate of drug-likeness (QED) is 0.841. The van der Waals surface area contributed by atoms with Crippen molar-refractivity contribution in [3.05, 3.63) is 28.5 Å². The zero-order valence-electron chi connectivity index (χ0n) is 10.4. The van der Waals surface area contributed by atoms with Crippen molar-refractivity contribution in [1.29, 1.82) is 0 Å². The molecule has 5 nitrogen and oxygen atoms in total. The standard InChI is InChI=1S/C11H14BrFN2O3S/c1-3-11(2,10(14)16)15-19(17,18)9-5-4-7(12)6-8(9)13/h4-6,15H,3H2,1-2H3,(H2,14,16). The molecule has 1 aromatic rings. The molecule has 8 heteroatoms. The maximum absolute atomic E-state index is 13.7. The Morgan fingerprint density at radius 2 is 2.11 bits per heavy atom. The summed E-state index contributed by atoms with van der Waals surface area (Å²) in [5.74, 6) is -1.74. The number of nitrogens with two attached hydrogens (primary N) is 1.